The zero-order chi connectivity index (χ0) is 24.9. The number of phenolic OH excluding ortho intramolecular Hbond substituents is 6. The molecule has 0 bridgehead atoms. The normalized spacial score (nSPS) is 18.8. The minimum absolute atomic E-state index is 0.0000785. The van der Waals surface area contributed by atoms with Crippen LogP contribution in [-0.2, 0) is 0 Å². The molecular weight excluding hydrogens is 448 g/mol. The van der Waals surface area contributed by atoms with E-state index in [9.17, 15) is 35.4 Å². The van der Waals surface area contributed by atoms with Gasteiger partial charge in [0.05, 0.1) is 5.92 Å². The van der Waals surface area contributed by atoms with E-state index >= 15 is 0 Å². The number of hydrogen-bond donors (Lipinski definition) is 6. The Kier molecular flexibility index (Phi) is 5.25. The van der Waals surface area contributed by atoms with Crippen molar-refractivity contribution in [2.45, 2.75) is 17.8 Å². The smallest absolute Gasteiger partial charge is 0.170 e. The zero-order valence-corrected chi connectivity index (χ0v) is 18.3. The molecule has 3 atom stereocenters. The van der Waals surface area contributed by atoms with Crippen LogP contribution in [-0.4, -0.2) is 36.4 Å². The zero-order valence-electron chi connectivity index (χ0n) is 18.3. The molecule has 7 nitrogen and oxygen atoms in total. The van der Waals surface area contributed by atoms with Gasteiger partial charge in [-0.2, -0.15) is 0 Å². The molecule has 0 heterocycles. The van der Waals surface area contributed by atoms with Gasteiger partial charge in [-0.25, -0.2) is 0 Å². The molecule has 5 rings (SSSR count). The third-order valence-electron chi connectivity index (χ3n) is 6.54. The van der Waals surface area contributed by atoms with Crippen molar-refractivity contribution in [1.29, 1.82) is 0 Å². The molecule has 0 amide bonds. The highest BCUT2D eigenvalue weighted by atomic mass is 16.3. The maximum Gasteiger partial charge on any atom is 0.170 e. The van der Waals surface area contributed by atoms with Crippen LogP contribution < -0.4 is 0 Å². The van der Waals surface area contributed by atoms with Crippen molar-refractivity contribution in [3.63, 3.8) is 0 Å². The number of hydrogen-bond acceptors (Lipinski definition) is 7. The molecule has 176 valence electrons. The number of aromatic hydroxyl groups is 6. The molecule has 0 saturated carbocycles. The van der Waals surface area contributed by atoms with Gasteiger partial charge >= 0.3 is 0 Å². The van der Waals surface area contributed by atoms with Crippen molar-refractivity contribution in [2.75, 3.05) is 0 Å². The van der Waals surface area contributed by atoms with Crippen LogP contribution in [0.5, 0.6) is 34.5 Å². The number of benzene rings is 4. The SMILES string of the molecule is O=C(c1ccc(O)cc1)[C@H]1c2cc(O)cc(O)c2[C@@H](c2ccc(O)cc2)[C@@H]1c1cc(O)cc(O)c1. The van der Waals surface area contributed by atoms with Crippen LogP contribution in [0.1, 0.15) is 50.4 Å². The number of carbonyl (C=O) groups is 1. The number of ketones is 1. The second-order valence-corrected chi connectivity index (χ2v) is 8.73. The van der Waals surface area contributed by atoms with Crippen molar-refractivity contribution >= 4 is 5.78 Å². The first-order chi connectivity index (χ1) is 16.7. The molecule has 35 heavy (non-hydrogen) atoms. The van der Waals surface area contributed by atoms with Crippen molar-refractivity contribution in [3.8, 4) is 34.5 Å². The van der Waals surface area contributed by atoms with Crippen LogP contribution >= 0.6 is 0 Å². The van der Waals surface area contributed by atoms with Crippen molar-refractivity contribution < 1.29 is 35.4 Å². The van der Waals surface area contributed by atoms with E-state index in [0.29, 0.717) is 27.8 Å². The van der Waals surface area contributed by atoms with E-state index in [1.807, 2.05) is 0 Å². The van der Waals surface area contributed by atoms with Crippen molar-refractivity contribution in [1.82, 2.24) is 0 Å². The summed E-state index contributed by atoms with van der Waals surface area (Å²) in [7, 11) is 0. The Hall–Kier alpha value is -4.65. The van der Waals surface area contributed by atoms with E-state index in [0.717, 1.165) is 0 Å². The summed E-state index contributed by atoms with van der Waals surface area (Å²) in [6, 6.07) is 18.9. The highest BCUT2D eigenvalue weighted by molar-refractivity contribution is 6.03. The Balaban J connectivity index is 1.80. The monoisotopic (exact) mass is 470 g/mol. The van der Waals surface area contributed by atoms with Crippen LogP contribution in [0.15, 0.2) is 78.9 Å². The van der Waals surface area contributed by atoms with Gasteiger partial charge in [0, 0.05) is 35.1 Å². The lowest BCUT2D eigenvalue weighted by Crippen LogP contribution is -2.19. The molecule has 0 aromatic heterocycles. The molecule has 4 aromatic rings. The predicted molar refractivity (Wildman–Crippen MR) is 127 cm³/mol. The van der Waals surface area contributed by atoms with Gasteiger partial charge in [0.15, 0.2) is 5.78 Å². The van der Waals surface area contributed by atoms with Gasteiger partial charge in [0.2, 0.25) is 0 Å². The number of carbonyl (C=O) groups excluding carboxylic acids is 1. The Morgan fingerprint density at radius 2 is 1.11 bits per heavy atom. The minimum Gasteiger partial charge on any atom is -0.508 e. The fourth-order valence-electron chi connectivity index (χ4n) is 5.17. The summed E-state index contributed by atoms with van der Waals surface area (Å²) < 4.78 is 0. The van der Waals surface area contributed by atoms with E-state index in [4.69, 9.17) is 0 Å². The van der Waals surface area contributed by atoms with Gasteiger partial charge in [-0.1, -0.05) is 12.1 Å². The average Bonchev–Trinajstić information content (AvgIpc) is 3.14. The highest BCUT2D eigenvalue weighted by Crippen LogP contribution is 2.59. The fourth-order valence-corrected chi connectivity index (χ4v) is 5.17. The predicted octanol–water partition coefficient (Wildman–Crippen LogP) is 4.82. The lowest BCUT2D eigenvalue weighted by Gasteiger charge is -2.26. The van der Waals surface area contributed by atoms with Gasteiger partial charge in [0.1, 0.15) is 34.5 Å². The van der Waals surface area contributed by atoms with E-state index < -0.39 is 17.8 Å². The summed E-state index contributed by atoms with van der Waals surface area (Å²) in [5.74, 6) is -3.29. The summed E-state index contributed by atoms with van der Waals surface area (Å²) in [4.78, 5) is 13.9. The summed E-state index contributed by atoms with van der Waals surface area (Å²) in [5.41, 5.74) is 2.28. The first-order valence-electron chi connectivity index (χ1n) is 10.9. The van der Waals surface area contributed by atoms with Crippen LogP contribution in [0.25, 0.3) is 0 Å². The van der Waals surface area contributed by atoms with E-state index in [1.165, 1.54) is 66.7 Å². The second-order valence-electron chi connectivity index (χ2n) is 8.73. The molecule has 0 radical (unpaired) electrons. The lowest BCUT2D eigenvalue weighted by atomic mass is 9.75. The molecular formula is C28H22O7. The average molecular weight is 470 g/mol. The highest BCUT2D eigenvalue weighted by Gasteiger charge is 2.48. The van der Waals surface area contributed by atoms with E-state index in [1.54, 1.807) is 12.1 Å². The van der Waals surface area contributed by atoms with Gasteiger partial charge in [-0.15, -0.1) is 0 Å². The van der Waals surface area contributed by atoms with Gasteiger partial charge in [-0.05, 0) is 71.3 Å². The van der Waals surface area contributed by atoms with Gasteiger partial charge < -0.3 is 30.6 Å². The van der Waals surface area contributed by atoms with Crippen LogP contribution in [0, 0.1) is 0 Å². The van der Waals surface area contributed by atoms with Gasteiger partial charge in [-0.3, -0.25) is 4.79 Å². The van der Waals surface area contributed by atoms with E-state index in [2.05, 4.69) is 0 Å². The molecule has 0 unspecified atom stereocenters. The maximum absolute atomic E-state index is 13.9. The summed E-state index contributed by atoms with van der Waals surface area (Å²) in [5, 5.41) is 61.2. The number of Topliss-reactive ketones (excluding diaryl/α,β-unsaturated/α-hetero) is 1. The van der Waals surface area contributed by atoms with Crippen molar-refractivity contribution in [2.24, 2.45) is 0 Å². The third kappa shape index (κ3) is 3.87. The molecule has 1 aliphatic carbocycles. The Morgan fingerprint density at radius 1 is 0.571 bits per heavy atom. The van der Waals surface area contributed by atoms with Crippen LogP contribution in [0.2, 0.25) is 0 Å². The maximum atomic E-state index is 13.9. The Bertz CT molecular complexity index is 1410. The molecule has 1 aliphatic rings. The fraction of sp³-hybridized carbons (Fsp3) is 0.107. The molecule has 7 heteroatoms. The first-order valence-corrected chi connectivity index (χ1v) is 10.9. The molecule has 6 N–H and O–H groups in total. The molecule has 0 fully saturated rings. The number of fused-ring (bicyclic) bond motifs is 1. The quantitative estimate of drug-likeness (QED) is 0.235. The van der Waals surface area contributed by atoms with Crippen LogP contribution in [0.3, 0.4) is 0 Å². The standard InChI is InChI=1S/C28H22O7/c29-17-5-1-14(2-6-17)24-25(16-9-19(31)11-20(32)10-16)27(22-12-21(33)13-23(34)26(22)24)28(35)15-3-7-18(30)8-4-15/h1-13,24-25,27,29-34H/t24-,25-,27-/m0/s1. The Labute approximate surface area is 200 Å². The summed E-state index contributed by atoms with van der Waals surface area (Å²) in [6.07, 6.45) is 0. The molecule has 0 saturated heterocycles. The van der Waals surface area contributed by atoms with Gasteiger partial charge in [0.25, 0.3) is 0 Å². The Morgan fingerprint density at radius 3 is 1.71 bits per heavy atom. The van der Waals surface area contributed by atoms with Crippen LogP contribution in [0.4, 0.5) is 0 Å². The lowest BCUT2D eigenvalue weighted by molar-refractivity contribution is 0.0949. The second kappa shape index (κ2) is 8.29. The van der Waals surface area contributed by atoms with Crippen molar-refractivity contribution in [3.05, 3.63) is 107 Å². The largest absolute Gasteiger partial charge is 0.508 e. The first kappa shape index (κ1) is 22.2. The minimum atomic E-state index is -0.910. The molecule has 4 aromatic carbocycles. The topological polar surface area (TPSA) is 138 Å². The van der Waals surface area contributed by atoms with E-state index in [-0.39, 0.29) is 40.3 Å². The third-order valence-corrected chi connectivity index (χ3v) is 6.54. The number of phenols is 6. The summed E-state index contributed by atoms with van der Waals surface area (Å²) >= 11 is 0. The molecule has 0 spiro atoms. The number of rotatable bonds is 4. The summed E-state index contributed by atoms with van der Waals surface area (Å²) in [6.45, 7) is 0. The molecule has 0 aliphatic heterocycles.